The molecule has 4 aromatic rings. The minimum absolute atomic E-state index is 0.149. The summed E-state index contributed by atoms with van der Waals surface area (Å²) in [6, 6.07) is 15.8. The summed E-state index contributed by atoms with van der Waals surface area (Å²) < 4.78 is 11.3. The summed E-state index contributed by atoms with van der Waals surface area (Å²) in [7, 11) is 3.09. The van der Waals surface area contributed by atoms with Gasteiger partial charge in [-0.25, -0.2) is 15.2 Å². The standard InChI is InChI=1S/C26H23Cl2N5O5/c1-37-20-11-10-15(14-21(20)38-2)12-13-29-24(34)23-30-19-9-4-3-6-16(19)25(35)33(23)32-26(36)31-22-17(27)7-5-8-18(22)28/h3-11,14H,12-13H2,1-2H3,(H,29,34)(H2,31,32,36). The van der Waals surface area contributed by atoms with Crippen molar-refractivity contribution < 1.29 is 19.1 Å². The molecular formula is C26H23Cl2N5O5. The molecule has 0 radical (unpaired) electrons. The fourth-order valence-corrected chi connectivity index (χ4v) is 4.18. The Labute approximate surface area is 227 Å². The van der Waals surface area contributed by atoms with Gasteiger partial charge < -0.3 is 20.1 Å². The summed E-state index contributed by atoms with van der Waals surface area (Å²) in [4.78, 5) is 43.5. The van der Waals surface area contributed by atoms with Crippen molar-refractivity contribution in [1.82, 2.24) is 15.0 Å². The zero-order valence-electron chi connectivity index (χ0n) is 20.4. The number of rotatable bonds is 8. The number of aromatic nitrogens is 2. The van der Waals surface area contributed by atoms with Gasteiger partial charge in [-0.15, -0.1) is 0 Å². The Morgan fingerprint density at radius 1 is 0.947 bits per heavy atom. The van der Waals surface area contributed by atoms with E-state index >= 15 is 0 Å². The van der Waals surface area contributed by atoms with Crippen LogP contribution in [0, 0.1) is 0 Å². The molecule has 0 fully saturated rings. The van der Waals surface area contributed by atoms with Crippen molar-refractivity contribution in [2.24, 2.45) is 0 Å². The van der Waals surface area contributed by atoms with Crippen LogP contribution >= 0.6 is 23.2 Å². The molecule has 1 aromatic heterocycles. The lowest BCUT2D eigenvalue weighted by atomic mass is 10.1. The van der Waals surface area contributed by atoms with E-state index in [1.807, 2.05) is 6.07 Å². The molecule has 12 heteroatoms. The van der Waals surface area contributed by atoms with Crippen LogP contribution in [0.2, 0.25) is 10.0 Å². The molecule has 1 heterocycles. The number of hydrogen-bond acceptors (Lipinski definition) is 6. The number of urea groups is 1. The lowest BCUT2D eigenvalue weighted by Crippen LogP contribution is -2.42. The summed E-state index contributed by atoms with van der Waals surface area (Å²) in [6.07, 6.45) is 0.461. The van der Waals surface area contributed by atoms with E-state index in [-0.39, 0.29) is 33.5 Å². The van der Waals surface area contributed by atoms with Gasteiger partial charge in [0.25, 0.3) is 11.5 Å². The minimum atomic E-state index is -0.849. The Morgan fingerprint density at radius 2 is 1.66 bits per heavy atom. The quantitative estimate of drug-likeness (QED) is 0.294. The number of ether oxygens (including phenoxy) is 2. The van der Waals surface area contributed by atoms with Crippen LogP contribution in [0.4, 0.5) is 10.5 Å². The molecule has 0 saturated heterocycles. The SMILES string of the molecule is COc1ccc(CCNC(=O)c2nc3ccccc3c(=O)n2NC(=O)Nc2c(Cl)cccc2Cl)cc1OC. The van der Waals surface area contributed by atoms with Gasteiger partial charge in [0, 0.05) is 6.54 Å². The van der Waals surface area contributed by atoms with Crippen molar-refractivity contribution in [3.8, 4) is 11.5 Å². The first kappa shape index (κ1) is 26.8. The smallest absolute Gasteiger partial charge is 0.338 e. The van der Waals surface area contributed by atoms with Crippen LogP contribution in [-0.2, 0) is 6.42 Å². The average molecular weight is 556 g/mol. The molecule has 3 amide bonds. The largest absolute Gasteiger partial charge is 0.493 e. The Morgan fingerprint density at radius 3 is 2.37 bits per heavy atom. The number of nitrogens with one attached hydrogen (secondary N) is 3. The molecule has 0 atom stereocenters. The molecule has 0 bridgehead atoms. The number of methoxy groups -OCH3 is 2. The number of halogens is 2. The van der Waals surface area contributed by atoms with Crippen molar-refractivity contribution in [2.45, 2.75) is 6.42 Å². The average Bonchev–Trinajstić information content (AvgIpc) is 2.92. The number of para-hydroxylation sites is 2. The first-order chi connectivity index (χ1) is 18.3. The Balaban J connectivity index is 1.57. The summed E-state index contributed by atoms with van der Waals surface area (Å²) in [5.41, 5.74) is 3.08. The highest BCUT2D eigenvalue weighted by Gasteiger charge is 2.20. The molecule has 10 nitrogen and oxygen atoms in total. The van der Waals surface area contributed by atoms with Crippen LogP contribution < -0.4 is 31.1 Å². The fourth-order valence-electron chi connectivity index (χ4n) is 3.68. The van der Waals surface area contributed by atoms with Gasteiger partial charge in [-0.05, 0) is 48.4 Å². The maximum Gasteiger partial charge on any atom is 0.338 e. The van der Waals surface area contributed by atoms with Crippen LogP contribution in [0.15, 0.2) is 65.5 Å². The molecule has 4 rings (SSSR count). The molecule has 0 aliphatic rings. The van der Waals surface area contributed by atoms with E-state index in [2.05, 4.69) is 21.0 Å². The normalized spacial score (nSPS) is 10.6. The van der Waals surface area contributed by atoms with Crippen LogP contribution in [0.5, 0.6) is 11.5 Å². The highest BCUT2D eigenvalue weighted by Crippen LogP contribution is 2.30. The third-order valence-corrected chi connectivity index (χ3v) is 6.17. The lowest BCUT2D eigenvalue weighted by molar-refractivity contribution is 0.0940. The van der Waals surface area contributed by atoms with Crippen LogP contribution in [0.25, 0.3) is 10.9 Å². The Bertz CT molecular complexity index is 1550. The number of carbonyl (C=O) groups is 2. The zero-order valence-corrected chi connectivity index (χ0v) is 21.9. The summed E-state index contributed by atoms with van der Waals surface area (Å²) in [5.74, 6) is 0.188. The van der Waals surface area contributed by atoms with E-state index in [1.54, 1.807) is 61.7 Å². The number of hydrogen-bond donors (Lipinski definition) is 3. The number of amides is 3. The number of nitrogens with zero attached hydrogens (tertiary/aromatic N) is 2. The molecule has 0 unspecified atom stereocenters. The zero-order chi connectivity index (χ0) is 27.2. The molecule has 3 N–H and O–H groups in total. The Kier molecular flexibility index (Phi) is 8.35. The summed E-state index contributed by atoms with van der Waals surface area (Å²) >= 11 is 12.2. The predicted octanol–water partition coefficient (Wildman–Crippen LogP) is 4.47. The van der Waals surface area contributed by atoms with Gasteiger partial charge >= 0.3 is 6.03 Å². The monoisotopic (exact) mass is 555 g/mol. The van der Waals surface area contributed by atoms with Crippen molar-refractivity contribution in [2.75, 3.05) is 31.5 Å². The predicted molar refractivity (Wildman–Crippen MR) is 146 cm³/mol. The minimum Gasteiger partial charge on any atom is -0.493 e. The van der Waals surface area contributed by atoms with E-state index in [0.29, 0.717) is 23.4 Å². The van der Waals surface area contributed by atoms with E-state index < -0.39 is 17.5 Å². The van der Waals surface area contributed by atoms with Crippen molar-refractivity contribution in [3.05, 3.63) is 92.5 Å². The second kappa shape index (κ2) is 11.8. The second-order valence-electron chi connectivity index (χ2n) is 7.95. The summed E-state index contributed by atoms with van der Waals surface area (Å²) in [5, 5.41) is 5.85. The second-order valence-corrected chi connectivity index (χ2v) is 8.77. The van der Waals surface area contributed by atoms with Gasteiger partial charge in [0.15, 0.2) is 11.5 Å². The van der Waals surface area contributed by atoms with Gasteiger partial charge in [0.05, 0.1) is 40.9 Å². The molecule has 0 aliphatic heterocycles. The van der Waals surface area contributed by atoms with Crippen molar-refractivity contribution >= 4 is 51.7 Å². The molecule has 0 spiro atoms. The van der Waals surface area contributed by atoms with Gasteiger partial charge in [-0.1, -0.05) is 47.5 Å². The lowest BCUT2D eigenvalue weighted by Gasteiger charge is -2.16. The van der Waals surface area contributed by atoms with Gasteiger partial charge in [0.2, 0.25) is 5.82 Å². The van der Waals surface area contributed by atoms with Crippen molar-refractivity contribution in [3.63, 3.8) is 0 Å². The first-order valence-electron chi connectivity index (χ1n) is 11.3. The van der Waals surface area contributed by atoms with Gasteiger partial charge in [-0.3, -0.25) is 9.59 Å². The van der Waals surface area contributed by atoms with Crippen LogP contribution in [-0.4, -0.2) is 42.4 Å². The highest BCUT2D eigenvalue weighted by molar-refractivity contribution is 6.39. The number of carbonyl (C=O) groups excluding carboxylic acids is 2. The number of benzene rings is 3. The van der Waals surface area contributed by atoms with E-state index in [9.17, 15) is 14.4 Å². The van der Waals surface area contributed by atoms with E-state index in [0.717, 1.165) is 10.2 Å². The van der Waals surface area contributed by atoms with Crippen LogP contribution in [0.1, 0.15) is 16.2 Å². The molecule has 3 aromatic carbocycles. The molecule has 0 aliphatic carbocycles. The topological polar surface area (TPSA) is 124 Å². The highest BCUT2D eigenvalue weighted by atomic mass is 35.5. The van der Waals surface area contributed by atoms with Crippen molar-refractivity contribution in [1.29, 1.82) is 0 Å². The summed E-state index contributed by atoms with van der Waals surface area (Å²) in [6.45, 7) is 0.221. The number of anilines is 1. The van der Waals surface area contributed by atoms with E-state index in [4.69, 9.17) is 32.7 Å². The third kappa shape index (κ3) is 5.82. The third-order valence-electron chi connectivity index (χ3n) is 5.54. The van der Waals surface area contributed by atoms with Gasteiger partial charge in [0.1, 0.15) is 0 Å². The maximum absolute atomic E-state index is 13.2. The molecular weight excluding hydrogens is 533 g/mol. The van der Waals surface area contributed by atoms with E-state index in [1.165, 1.54) is 7.11 Å². The molecule has 0 saturated carbocycles. The molecule has 38 heavy (non-hydrogen) atoms. The van der Waals surface area contributed by atoms with Gasteiger partial charge in [-0.2, -0.15) is 4.68 Å². The number of fused-ring (bicyclic) bond motifs is 1. The van der Waals surface area contributed by atoms with Crippen LogP contribution in [0.3, 0.4) is 0 Å². The molecule has 196 valence electrons. The fraction of sp³-hybridized carbons (Fsp3) is 0.154. The Hall–Kier alpha value is -4.28. The first-order valence-corrected chi connectivity index (χ1v) is 12.1. The maximum atomic E-state index is 13.2.